The van der Waals surface area contributed by atoms with Gasteiger partial charge in [-0.1, -0.05) is 24.3 Å². The third-order valence-corrected chi connectivity index (χ3v) is 5.89. The molecule has 3 unspecified atom stereocenters. The van der Waals surface area contributed by atoms with Gasteiger partial charge in [-0.3, -0.25) is 14.3 Å². The first-order valence-corrected chi connectivity index (χ1v) is 10.7. The number of aromatic nitrogens is 2. The zero-order valence-corrected chi connectivity index (χ0v) is 15.7. The topological polar surface area (TPSA) is 132 Å². The van der Waals surface area contributed by atoms with Gasteiger partial charge in [-0.05, 0) is 19.9 Å². The molecule has 0 saturated heterocycles. The fourth-order valence-corrected chi connectivity index (χ4v) is 5.15. The standard InChI is InChI=1S/C15H20N4O4S2/c1-10-8-11(2)18-14(17-10)19-13(20)15(9-24(3)21)7-5-4-6-12(15)25(16,22)23/h4-8,12H,9H2,1-3H3,(H2,16,22,23)(H,17,18,19,20). The van der Waals surface area contributed by atoms with Crippen molar-refractivity contribution in [2.45, 2.75) is 19.1 Å². The van der Waals surface area contributed by atoms with E-state index in [9.17, 15) is 17.4 Å². The minimum Gasteiger partial charge on any atom is -0.294 e. The van der Waals surface area contributed by atoms with Crippen LogP contribution in [0.5, 0.6) is 0 Å². The van der Waals surface area contributed by atoms with Crippen molar-refractivity contribution in [2.24, 2.45) is 10.6 Å². The molecule has 1 aliphatic carbocycles. The van der Waals surface area contributed by atoms with Crippen molar-refractivity contribution >= 4 is 32.7 Å². The van der Waals surface area contributed by atoms with Crippen LogP contribution in [0, 0.1) is 19.3 Å². The lowest BCUT2D eigenvalue weighted by molar-refractivity contribution is -0.122. The number of sulfonamides is 1. The third kappa shape index (κ3) is 4.39. The average Bonchev–Trinajstić information content (AvgIpc) is 2.44. The Hall–Kier alpha value is -1.91. The molecule has 0 spiro atoms. The fraction of sp³-hybridized carbons (Fsp3) is 0.400. The molecule has 1 aromatic rings. The summed E-state index contributed by atoms with van der Waals surface area (Å²) in [5, 5.41) is 6.53. The molecule has 1 aromatic heterocycles. The minimum atomic E-state index is -4.11. The Bertz CT molecular complexity index is 859. The molecular formula is C15H20N4O4S2. The number of aryl methyl sites for hydroxylation is 2. The van der Waals surface area contributed by atoms with Gasteiger partial charge in [0.05, 0.1) is 0 Å². The van der Waals surface area contributed by atoms with Crippen LogP contribution >= 0.6 is 0 Å². The van der Waals surface area contributed by atoms with Crippen LogP contribution in [0.4, 0.5) is 5.95 Å². The highest BCUT2D eigenvalue weighted by molar-refractivity contribution is 7.90. The molecule has 0 saturated carbocycles. The second-order valence-electron chi connectivity index (χ2n) is 5.94. The smallest absolute Gasteiger partial charge is 0.239 e. The van der Waals surface area contributed by atoms with Gasteiger partial charge in [0.25, 0.3) is 0 Å². The quantitative estimate of drug-likeness (QED) is 0.744. The van der Waals surface area contributed by atoms with Crippen LogP contribution in [-0.2, 0) is 25.6 Å². The summed E-state index contributed by atoms with van der Waals surface area (Å²) in [5.41, 5.74) is -0.306. The summed E-state index contributed by atoms with van der Waals surface area (Å²) in [4.78, 5) is 21.2. The molecular weight excluding hydrogens is 364 g/mol. The second kappa shape index (κ2) is 7.14. The largest absolute Gasteiger partial charge is 0.294 e. The molecule has 0 radical (unpaired) electrons. The summed E-state index contributed by atoms with van der Waals surface area (Å²) in [6.45, 7) is 3.50. The number of allylic oxidation sites excluding steroid dienone is 2. The van der Waals surface area contributed by atoms with E-state index in [1.54, 1.807) is 19.9 Å². The fourth-order valence-electron chi connectivity index (χ4n) is 2.80. The summed E-state index contributed by atoms with van der Waals surface area (Å²) < 4.78 is 35.9. The number of hydrogen-bond donors (Lipinski definition) is 2. The van der Waals surface area contributed by atoms with Gasteiger partial charge in [0, 0.05) is 34.2 Å². The maximum absolute atomic E-state index is 13.0. The van der Waals surface area contributed by atoms with Gasteiger partial charge in [0.2, 0.25) is 21.9 Å². The number of amides is 1. The Labute approximate surface area is 149 Å². The summed E-state index contributed by atoms with van der Waals surface area (Å²) in [5.74, 6) is -0.821. The van der Waals surface area contributed by atoms with Crippen LogP contribution in [0.15, 0.2) is 30.4 Å². The van der Waals surface area contributed by atoms with Gasteiger partial charge in [-0.15, -0.1) is 0 Å². The van der Waals surface area contributed by atoms with Crippen LogP contribution < -0.4 is 10.5 Å². The Morgan fingerprint density at radius 1 is 1.32 bits per heavy atom. The lowest BCUT2D eigenvalue weighted by atomic mass is 9.82. The predicted octanol–water partition coefficient (Wildman–Crippen LogP) is 0.180. The first-order valence-electron chi connectivity index (χ1n) is 7.36. The molecule has 136 valence electrons. The van der Waals surface area contributed by atoms with Crippen molar-refractivity contribution in [2.75, 3.05) is 17.3 Å². The van der Waals surface area contributed by atoms with Crippen LogP contribution in [0.25, 0.3) is 0 Å². The Morgan fingerprint density at radius 3 is 2.44 bits per heavy atom. The number of nitrogens with zero attached hydrogens (tertiary/aromatic N) is 2. The van der Waals surface area contributed by atoms with Gasteiger partial charge in [0.15, 0.2) is 0 Å². The summed E-state index contributed by atoms with van der Waals surface area (Å²) in [6.07, 6.45) is 7.17. The number of carbonyl (C=O) groups is 1. The molecule has 2 rings (SSSR count). The molecule has 25 heavy (non-hydrogen) atoms. The van der Waals surface area contributed by atoms with Crippen molar-refractivity contribution < 1.29 is 17.4 Å². The van der Waals surface area contributed by atoms with Crippen molar-refractivity contribution in [3.05, 3.63) is 41.8 Å². The van der Waals surface area contributed by atoms with Gasteiger partial charge in [-0.25, -0.2) is 23.5 Å². The molecule has 8 nitrogen and oxygen atoms in total. The number of nitrogens with two attached hydrogens (primary N) is 1. The van der Waals surface area contributed by atoms with Gasteiger partial charge in [-0.2, -0.15) is 0 Å². The number of nitrogens with one attached hydrogen (secondary N) is 1. The highest BCUT2D eigenvalue weighted by Gasteiger charge is 2.49. The summed E-state index contributed by atoms with van der Waals surface area (Å²) in [6, 6.07) is 1.74. The number of rotatable bonds is 5. The number of hydrogen-bond acceptors (Lipinski definition) is 6. The lowest BCUT2D eigenvalue weighted by Gasteiger charge is -2.34. The summed E-state index contributed by atoms with van der Waals surface area (Å²) in [7, 11) is -5.56. The highest BCUT2D eigenvalue weighted by atomic mass is 32.2. The Balaban J connectivity index is 2.49. The van der Waals surface area contributed by atoms with Crippen LogP contribution in [-0.4, -0.2) is 45.8 Å². The van der Waals surface area contributed by atoms with E-state index in [-0.39, 0.29) is 11.7 Å². The van der Waals surface area contributed by atoms with Gasteiger partial charge >= 0.3 is 0 Å². The zero-order chi connectivity index (χ0) is 18.8. The predicted molar refractivity (Wildman–Crippen MR) is 96.7 cm³/mol. The SMILES string of the molecule is Cc1cc(C)nc(NC(=O)C2(CS(C)=O)C=CC=CC2S(N)(=O)=O)n1. The normalized spacial score (nSPS) is 24.1. The van der Waals surface area contributed by atoms with Crippen molar-refractivity contribution in [3.8, 4) is 0 Å². The first-order chi connectivity index (χ1) is 11.5. The monoisotopic (exact) mass is 384 g/mol. The Morgan fingerprint density at radius 2 is 1.92 bits per heavy atom. The van der Waals surface area contributed by atoms with Crippen molar-refractivity contribution in [1.82, 2.24) is 9.97 Å². The van der Waals surface area contributed by atoms with Crippen LogP contribution in [0.2, 0.25) is 0 Å². The van der Waals surface area contributed by atoms with E-state index in [0.29, 0.717) is 11.4 Å². The van der Waals surface area contributed by atoms with Crippen LogP contribution in [0.3, 0.4) is 0 Å². The second-order valence-corrected chi connectivity index (χ2v) is 9.06. The third-order valence-electron chi connectivity index (χ3n) is 3.72. The molecule has 3 atom stereocenters. The molecule has 1 heterocycles. The molecule has 1 aliphatic rings. The lowest BCUT2D eigenvalue weighted by Crippen LogP contribution is -2.53. The van der Waals surface area contributed by atoms with E-state index in [2.05, 4.69) is 15.3 Å². The van der Waals surface area contributed by atoms with Crippen LogP contribution in [0.1, 0.15) is 11.4 Å². The van der Waals surface area contributed by atoms with E-state index >= 15 is 0 Å². The number of carbonyl (C=O) groups excluding carboxylic acids is 1. The van der Waals surface area contributed by atoms with E-state index in [1.807, 2.05) is 0 Å². The average molecular weight is 384 g/mol. The molecule has 0 aromatic carbocycles. The van der Waals surface area contributed by atoms with Gasteiger partial charge < -0.3 is 0 Å². The molecule has 10 heteroatoms. The molecule has 0 aliphatic heterocycles. The summed E-state index contributed by atoms with van der Waals surface area (Å²) >= 11 is 0. The maximum atomic E-state index is 13.0. The van der Waals surface area contributed by atoms with E-state index < -0.39 is 37.4 Å². The van der Waals surface area contributed by atoms with Gasteiger partial charge in [0.1, 0.15) is 10.7 Å². The van der Waals surface area contributed by atoms with E-state index in [0.717, 1.165) is 0 Å². The van der Waals surface area contributed by atoms with Crippen molar-refractivity contribution in [3.63, 3.8) is 0 Å². The molecule has 0 fully saturated rings. The highest BCUT2D eigenvalue weighted by Crippen LogP contribution is 2.34. The first kappa shape index (κ1) is 19.4. The number of anilines is 1. The van der Waals surface area contributed by atoms with E-state index in [4.69, 9.17) is 5.14 Å². The number of primary sulfonamides is 1. The zero-order valence-electron chi connectivity index (χ0n) is 14.1. The Kier molecular flexibility index (Phi) is 5.55. The maximum Gasteiger partial charge on any atom is 0.239 e. The minimum absolute atomic E-state index is 0.0554. The molecule has 0 bridgehead atoms. The molecule has 1 amide bonds. The van der Waals surface area contributed by atoms with E-state index in [1.165, 1.54) is 30.6 Å². The molecule has 3 N–H and O–H groups in total. The van der Waals surface area contributed by atoms with Crippen molar-refractivity contribution in [1.29, 1.82) is 0 Å².